The fourth-order valence-corrected chi connectivity index (χ4v) is 1.38. The molecule has 94 valence electrons. The number of carbonyl (C=O) groups is 1. The molecule has 1 atom stereocenters. The fraction of sp³-hybridized carbons (Fsp3) is 0.462. The van der Waals surface area contributed by atoms with E-state index in [1.54, 1.807) is 32.0 Å². The molecular formula is C13H19NO3. The van der Waals surface area contributed by atoms with E-state index in [9.17, 15) is 9.90 Å². The number of carbonyl (C=O) groups excluding carboxylic acids is 1. The summed E-state index contributed by atoms with van der Waals surface area (Å²) in [4.78, 5) is 11.7. The molecule has 0 aliphatic heterocycles. The Kier molecular flexibility index (Phi) is 4.37. The molecule has 4 nitrogen and oxygen atoms in total. The van der Waals surface area contributed by atoms with Crippen LogP contribution in [0.25, 0.3) is 0 Å². The smallest absolute Gasteiger partial charge is 0.260 e. The van der Waals surface area contributed by atoms with E-state index in [4.69, 9.17) is 4.74 Å². The number of phenols is 1. The summed E-state index contributed by atoms with van der Waals surface area (Å²) < 4.78 is 5.52. The molecule has 4 heteroatoms. The zero-order valence-corrected chi connectivity index (χ0v) is 10.7. The summed E-state index contributed by atoms with van der Waals surface area (Å²) in [5, 5.41) is 12.3. The molecule has 1 aromatic rings. The van der Waals surface area contributed by atoms with Gasteiger partial charge < -0.3 is 15.2 Å². The van der Waals surface area contributed by atoms with E-state index >= 15 is 0 Å². The molecule has 1 unspecified atom stereocenters. The molecule has 0 spiro atoms. The monoisotopic (exact) mass is 237 g/mol. The second-order valence-electron chi connectivity index (χ2n) is 4.32. The molecule has 1 aromatic carbocycles. The van der Waals surface area contributed by atoms with Crippen LogP contribution in [0.2, 0.25) is 0 Å². The van der Waals surface area contributed by atoms with Gasteiger partial charge in [0.15, 0.2) is 6.10 Å². The molecular weight excluding hydrogens is 218 g/mol. The highest BCUT2D eigenvalue weighted by Crippen LogP contribution is 2.26. The van der Waals surface area contributed by atoms with Gasteiger partial charge in [0.25, 0.3) is 5.91 Å². The van der Waals surface area contributed by atoms with Crippen molar-refractivity contribution in [1.29, 1.82) is 0 Å². The molecule has 0 fully saturated rings. The Labute approximate surface area is 102 Å². The number of ether oxygens (including phenoxy) is 1. The minimum atomic E-state index is -0.585. The number of rotatable bonds is 4. The summed E-state index contributed by atoms with van der Waals surface area (Å²) in [7, 11) is 0. The van der Waals surface area contributed by atoms with E-state index in [-0.39, 0.29) is 17.7 Å². The minimum absolute atomic E-state index is 0.0822. The van der Waals surface area contributed by atoms with Crippen LogP contribution in [-0.4, -0.2) is 23.2 Å². The van der Waals surface area contributed by atoms with E-state index in [2.05, 4.69) is 5.32 Å². The lowest BCUT2D eigenvalue weighted by Crippen LogP contribution is -2.40. The van der Waals surface area contributed by atoms with E-state index < -0.39 is 6.10 Å². The highest BCUT2D eigenvalue weighted by molar-refractivity contribution is 5.81. The summed E-state index contributed by atoms with van der Waals surface area (Å²) in [6, 6.07) is 5.08. The summed E-state index contributed by atoms with van der Waals surface area (Å²) >= 11 is 0. The first kappa shape index (κ1) is 13.4. The first-order valence-corrected chi connectivity index (χ1v) is 5.67. The quantitative estimate of drug-likeness (QED) is 0.842. The van der Waals surface area contributed by atoms with Crippen LogP contribution in [0.3, 0.4) is 0 Å². The molecule has 1 rings (SSSR count). The average molecular weight is 237 g/mol. The highest BCUT2D eigenvalue weighted by atomic mass is 16.5. The van der Waals surface area contributed by atoms with Crippen molar-refractivity contribution in [3.05, 3.63) is 23.8 Å². The summed E-state index contributed by atoms with van der Waals surface area (Å²) in [5.41, 5.74) is 0.636. The van der Waals surface area contributed by atoms with Crippen molar-refractivity contribution in [2.24, 2.45) is 0 Å². The van der Waals surface area contributed by atoms with Gasteiger partial charge in [-0.15, -0.1) is 0 Å². The molecule has 0 saturated heterocycles. The van der Waals surface area contributed by atoms with Crippen LogP contribution in [0.4, 0.5) is 0 Å². The summed E-state index contributed by atoms with van der Waals surface area (Å²) in [6.45, 7) is 7.22. The maximum Gasteiger partial charge on any atom is 0.260 e. The lowest BCUT2D eigenvalue weighted by Gasteiger charge is -2.17. The number of amides is 1. The second kappa shape index (κ2) is 5.57. The van der Waals surface area contributed by atoms with Crippen molar-refractivity contribution in [2.75, 3.05) is 0 Å². The van der Waals surface area contributed by atoms with Gasteiger partial charge in [-0.3, -0.25) is 4.79 Å². The van der Waals surface area contributed by atoms with E-state index in [0.29, 0.717) is 11.3 Å². The number of nitrogens with one attached hydrogen (secondary N) is 1. The Hall–Kier alpha value is -1.71. The van der Waals surface area contributed by atoms with Crippen LogP contribution in [0.5, 0.6) is 11.5 Å². The van der Waals surface area contributed by atoms with Gasteiger partial charge in [0.2, 0.25) is 0 Å². The Morgan fingerprint density at radius 1 is 1.35 bits per heavy atom. The molecule has 0 saturated carbocycles. The van der Waals surface area contributed by atoms with Crippen molar-refractivity contribution < 1.29 is 14.6 Å². The normalized spacial score (nSPS) is 12.3. The topological polar surface area (TPSA) is 58.6 Å². The van der Waals surface area contributed by atoms with Crippen LogP contribution in [0.1, 0.15) is 26.3 Å². The minimum Gasteiger partial charge on any atom is -0.508 e. The number of hydrogen-bond acceptors (Lipinski definition) is 3. The molecule has 0 aliphatic rings. The van der Waals surface area contributed by atoms with Crippen molar-refractivity contribution >= 4 is 5.91 Å². The number of phenolic OH excluding ortho intramolecular Hbond substituents is 1. The van der Waals surface area contributed by atoms with E-state index in [1.807, 2.05) is 13.8 Å². The van der Waals surface area contributed by atoms with Crippen LogP contribution in [0, 0.1) is 6.92 Å². The van der Waals surface area contributed by atoms with Gasteiger partial charge in [0.05, 0.1) is 0 Å². The van der Waals surface area contributed by atoms with Gasteiger partial charge >= 0.3 is 0 Å². The first-order valence-electron chi connectivity index (χ1n) is 5.67. The van der Waals surface area contributed by atoms with Gasteiger partial charge in [0, 0.05) is 11.6 Å². The SMILES string of the molecule is Cc1c(O)cccc1OC(C)C(=O)NC(C)C. The molecule has 17 heavy (non-hydrogen) atoms. The van der Waals surface area contributed by atoms with Gasteiger partial charge in [-0.25, -0.2) is 0 Å². The first-order chi connectivity index (χ1) is 7.91. The Bertz CT molecular complexity index is 402. The predicted octanol–water partition coefficient (Wildman–Crippen LogP) is 1.99. The summed E-state index contributed by atoms with van der Waals surface area (Å²) in [6.07, 6.45) is -0.585. The van der Waals surface area contributed by atoms with Crippen LogP contribution in [0.15, 0.2) is 18.2 Å². The average Bonchev–Trinajstić information content (AvgIpc) is 2.23. The fourth-order valence-electron chi connectivity index (χ4n) is 1.38. The van der Waals surface area contributed by atoms with Crippen molar-refractivity contribution in [3.63, 3.8) is 0 Å². The van der Waals surface area contributed by atoms with Gasteiger partial charge in [0.1, 0.15) is 11.5 Å². The number of benzene rings is 1. The molecule has 0 bridgehead atoms. The predicted molar refractivity (Wildman–Crippen MR) is 66.2 cm³/mol. The maximum absolute atomic E-state index is 11.7. The maximum atomic E-state index is 11.7. The van der Waals surface area contributed by atoms with Crippen molar-refractivity contribution in [1.82, 2.24) is 5.32 Å². The molecule has 0 aromatic heterocycles. The zero-order chi connectivity index (χ0) is 13.0. The van der Waals surface area contributed by atoms with Crippen molar-refractivity contribution in [3.8, 4) is 11.5 Å². The van der Waals surface area contributed by atoms with Crippen LogP contribution >= 0.6 is 0 Å². The third kappa shape index (κ3) is 3.66. The number of aromatic hydroxyl groups is 1. The third-order valence-electron chi connectivity index (χ3n) is 2.36. The Balaban J connectivity index is 2.71. The van der Waals surface area contributed by atoms with Crippen LogP contribution < -0.4 is 10.1 Å². The van der Waals surface area contributed by atoms with Crippen LogP contribution in [-0.2, 0) is 4.79 Å². The molecule has 0 aliphatic carbocycles. The third-order valence-corrected chi connectivity index (χ3v) is 2.36. The standard InChI is InChI=1S/C13H19NO3/c1-8(2)14-13(16)10(4)17-12-7-5-6-11(15)9(12)3/h5-8,10,15H,1-4H3,(H,14,16). The van der Waals surface area contributed by atoms with Crippen molar-refractivity contribution in [2.45, 2.75) is 39.8 Å². The molecule has 0 radical (unpaired) electrons. The van der Waals surface area contributed by atoms with Gasteiger partial charge in [-0.1, -0.05) is 6.07 Å². The van der Waals surface area contributed by atoms with Gasteiger partial charge in [-0.05, 0) is 39.8 Å². The lowest BCUT2D eigenvalue weighted by atomic mass is 10.2. The Morgan fingerprint density at radius 2 is 2.00 bits per heavy atom. The molecule has 2 N–H and O–H groups in total. The zero-order valence-electron chi connectivity index (χ0n) is 10.7. The van der Waals surface area contributed by atoms with E-state index in [0.717, 1.165) is 0 Å². The molecule has 1 amide bonds. The van der Waals surface area contributed by atoms with Gasteiger partial charge in [-0.2, -0.15) is 0 Å². The molecule has 0 heterocycles. The summed E-state index contributed by atoms with van der Waals surface area (Å²) in [5.74, 6) is 0.526. The highest BCUT2D eigenvalue weighted by Gasteiger charge is 2.16. The lowest BCUT2D eigenvalue weighted by molar-refractivity contribution is -0.127. The second-order valence-corrected chi connectivity index (χ2v) is 4.32. The number of hydrogen-bond donors (Lipinski definition) is 2. The Morgan fingerprint density at radius 3 is 2.59 bits per heavy atom. The largest absolute Gasteiger partial charge is 0.508 e. The van der Waals surface area contributed by atoms with E-state index in [1.165, 1.54) is 0 Å².